The smallest absolute Gasteiger partial charge is 0.356 e. The molecule has 0 radical (unpaired) electrons. The molecule has 1 atom stereocenters. The molecule has 1 heterocycles. The maximum absolute atomic E-state index is 12.1. The summed E-state index contributed by atoms with van der Waals surface area (Å²) in [6.45, 7) is 7.54. The molecule has 0 saturated heterocycles. The number of esters is 2. The van der Waals surface area contributed by atoms with Crippen LogP contribution in [0.1, 0.15) is 49.9 Å². The van der Waals surface area contributed by atoms with Gasteiger partial charge in [-0.2, -0.15) is 0 Å². The number of ether oxygens (including phenoxy) is 3. The lowest BCUT2D eigenvalue weighted by Gasteiger charge is -2.25. The summed E-state index contributed by atoms with van der Waals surface area (Å²) >= 11 is 0. The Bertz CT molecular complexity index is 821. The molecule has 0 saturated carbocycles. The molecule has 3 N–H and O–H groups in total. The minimum absolute atomic E-state index is 0.0232. The average molecular weight is 378 g/mol. The topological polar surface area (TPSA) is 110 Å². The van der Waals surface area contributed by atoms with Crippen LogP contribution in [-0.4, -0.2) is 48.0 Å². The van der Waals surface area contributed by atoms with E-state index in [1.165, 1.54) is 20.1 Å². The highest BCUT2D eigenvalue weighted by molar-refractivity contribution is 5.98. The predicted octanol–water partition coefficient (Wildman–Crippen LogP) is 2.63. The lowest BCUT2D eigenvalue weighted by Crippen LogP contribution is -2.39. The minimum atomic E-state index is -0.616. The van der Waals surface area contributed by atoms with Gasteiger partial charge in [0.25, 0.3) is 0 Å². The van der Waals surface area contributed by atoms with Crippen molar-refractivity contribution < 1.29 is 28.9 Å². The van der Waals surface area contributed by atoms with Crippen LogP contribution in [0.2, 0.25) is 0 Å². The first-order valence-electron chi connectivity index (χ1n) is 8.55. The molecular formula is C19H26N2O6. The highest BCUT2D eigenvalue weighted by atomic mass is 16.7. The fraction of sp³-hybridized carbons (Fsp3) is 0.474. The first-order valence-corrected chi connectivity index (χ1v) is 8.55. The van der Waals surface area contributed by atoms with Crippen LogP contribution < -0.4 is 5.32 Å². The molecule has 148 valence electrons. The van der Waals surface area contributed by atoms with Crippen molar-refractivity contribution >= 4 is 22.8 Å². The van der Waals surface area contributed by atoms with E-state index in [0.717, 1.165) is 0 Å². The second-order valence-electron chi connectivity index (χ2n) is 7.21. The SMILES string of the molecule is COCOC(=O)c1cc2c(C(CNC(C)(C)C)OC(C)=O)ccc(O)c2[nH]1. The molecule has 0 aliphatic heterocycles. The maximum Gasteiger partial charge on any atom is 0.356 e. The summed E-state index contributed by atoms with van der Waals surface area (Å²) in [5.74, 6) is -1.06. The van der Waals surface area contributed by atoms with Crippen molar-refractivity contribution in [2.75, 3.05) is 20.4 Å². The Hall–Kier alpha value is -2.58. The summed E-state index contributed by atoms with van der Waals surface area (Å²) in [7, 11) is 1.41. The van der Waals surface area contributed by atoms with Crippen LogP contribution in [0.3, 0.4) is 0 Å². The van der Waals surface area contributed by atoms with E-state index in [-0.39, 0.29) is 23.8 Å². The molecule has 0 fully saturated rings. The number of carbonyl (C=O) groups is 2. The van der Waals surface area contributed by atoms with Crippen molar-refractivity contribution in [3.8, 4) is 5.75 Å². The zero-order valence-electron chi connectivity index (χ0n) is 16.2. The molecule has 0 bridgehead atoms. The molecule has 2 rings (SSSR count). The molecule has 8 nitrogen and oxygen atoms in total. The van der Waals surface area contributed by atoms with Gasteiger partial charge < -0.3 is 29.6 Å². The van der Waals surface area contributed by atoms with Crippen LogP contribution in [0.15, 0.2) is 18.2 Å². The van der Waals surface area contributed by atoms with Gasteiger partial charge in [-0.25, -0.2) is 4.79 Å². The summed E-state index contributed by atoms with van der Waals surface area (Å²) < 4.78 is 15.1. The molecule has 0 amide bonds. The van der Waals surface area contributed by atoms with Crippen LogP contribution >= 0.6 is 0 Å². The summed E-state index contributed by atoms with van der Waals surface area (Å²) in [5, 5.41) is 14.0. The summed E-state index contributed by atoms with van der Waals surface area (Å²) in [6.07, 6.45) is -0.594. The third-order valence-electron chi connectivity index (χ3n) is 3.81. The highest BCUT2D eigenvalue weighted by Gasteiger charge is 2.23. The Morgan fingerprint density at radius 3 is 2.59 bits per heavy atom. The number of hydrogen-bond donors (Lipinski definition) is 3. The van der Waals surface area contributed by atoms with Gasteiger partial charge in [0.05, 0.1) is 5.52 Å². The third kappa shape index (κ3) is 5.45. The Morgan fingerprint density at radius 2 is 2.00 bits per heavy atom. The first-order chi connectivity index (χ1) is 12.6. The summed E-state index contributed by atoms with van der Waals surface area (Å²) in [5.41, 5.74) is 1.01. The van der Waals surface area contributed by atoms with Gasteiger partial charge in [0.2, 0.25) is 0 Å². The normalized spacial score (nSPS) is 12.8. The van der Waals surface area contributed by atoms with Gasteiger partial charge in [-0.05, 0) is 32.9 Å². The number of fused-ring (bicyclic) bond motifs is 1. The van der Waals surface area contributed by atoms with Gasteiger partial charge in [0.15, 0.2) is 6.79 Å². The number of phenolic OH excluding ortho intramolecular Hbond substituents is 1. The van der Waals surface area contributed by atoms with E-state index < -0.39 is 18.0 Å². The monoisotopic (exact) mass is 378 g/mol. The van der Waals surface area contributed by atoms with E-state index in [1.807, 2.05) is 20.8 Å². The molecule has 0 aliphatic carbocycles. The Kier molecular flexibility index (Phi) is 6.45. The van der Waals surface area contributed by atoms with Crippen LogP contribution in [0, 0.1) is 0 Å². The zero-order chi connectivity index (χ0) is 20.2. The number of hydrogen-bond acceptors (Lipinski definition) is 7. The first kappa shape index (κ1) is 20.7. The largest absolute Gasteiger partial charge is 0.506 e. The molecule has 1 aromatic heterocycles. The Morgan fingerprint density at radius 1 is 1.30 bits per heavy atom. The maximum atomic E-state index is 12.1. The van der Waals surface area contributed by atoms with Crippen LogP contribution in [0.25, 0.3) is 10.9 Å². The number of methoxy groups -OCH3 is 1. The van der Waals surface area contributed by atoms with E-state index >= 15 is 0 Å². The van der Waals surface area contributed by atoms with Gasteiger partial charge in [-0.1, -0.05) is 6.07 Å². The van der Waals surface area contributed by atoms with E-state index in [0.29, 0.717) is 23.0 Å². The van der Waals surface area contributed by atoms with Crippen molar-refractivity contribution in [1.82, 2.24) is 10.3 Å². The summed E-state index contributed by atoms with van der Waals surface area (Å²) in [4.78, 5) is 26.5. The molecule has 27 heavy (non-hydrogen) atoms. The minimum Gasteiger partial charge on any atom is -0.506 e. The van der Waals surface area contributed by atoms with Gasteiger partial charge in [-0.3, -0.25) is 4.79 Å². The number of aromatic nitrogens is 1. The third-order valence-corrected chi connectivity index (χ3v) is 3.81. The highest BCUT2D eigenvalue weighted by Crippen LogP contribution is 2.33. The predicted molar refractivity (Wildman–Crippen MR) is 99.5 cm³/mol. The number of nitrogens with one attached hydrogen (secondary N) is 2. The Balaban J connectivity index is 2.44. The van der Waals surface area contributed by atoms with E-state index in [1.54, 1.807) is 12.1 Å². The quantitative estimate of drug-likeness (QED) is 0.502. The second-order valence-corrected chi connectivity index (χ2v) is 7.21. The number of H-pyrrole nitrogens is 1. The average Bonchev–Trinajstić information content (AvgIpc) is 3.02. The van der Waals surface area contributed by atoms with Gasteiger partial charge >= 0.3 is 11.9 Å². The molecule has 1 aromatic carbocycles. The van der Waals surface area contributed by atoms with Crippen LogP contribution in [0.4, 0.5) is 0 Å². The van der Waals surface area contributed by atoms with Gasteiger partial charge in [0, 0.05) is 37.1 Å². The number of carbonyl (C=O) groups excluding carboxylic acids is 2. The van der Waals surface area contributed by atoms with Crippen molar-refractivity contribution in [1.29, 1.82) is 0 Å². The fourth-order valence-corrected chi connectivity index (χ4v) is 2.62. The molecular weight excluding hydrogens is 352 g/mol. The molecule has 0 aliphatic rings. The van der Waals surface area contributed by atoms with Crippen molar-refractivity contribution in [3.63, 3.8) is 0 Å². The lowest BCUT2D eigenvalue weighted by molar-refractivity contribution is -0.146. The van der Waals surface area contributed by atoms with E-state index in [2.05, 4.69) is 10.3 Å². The number of phenols is 1. The fourth-order valence-electron chi connectivity index (χ4n) is 2.62. The molecule has 0 spiro atoms. The van der Waals surface area contributed by atoms with Crippen LogP contribution in [-0.2, 0) is 19.0 Å². The van der Waals surface area contributed by atoms with Gasteiger partial charge in [0.1, 0.15) is 17.5 Å². The number of rotatable bonds is 7. The lowest BCUT2D eigenvalue weighted by atomic mass is 10.0. The summed E-state index contributed by atoms with van der Waals surface area (Å²) in [6, 6.07) is 4.73. The van der Waals surface area contributed by atoms with Crippen LogP contribution in [0.5, 0.6) is 5.75 Å². The number of aromatic amines is 1. The zero-order valence-corrected chi connectivity index (χ0v) is 16.2. The molecule has 2 aromatic rings. The second kappa shape index (κ2) is 8.41. The van der Waals surface area contributed by atoms with Crippen molar-refractivity contribution in [3.05, 3.63) is 29.5 Å². The van der Waals surface area contributed by atoms with Crippen molar-refractivity contribution in [2.24, 2.45) is 0 Å². The van der Waals surface area contributed by atoms with E-state index in [4.69, 9.17) is 14.2 Å². The Labute approximate surface area is 157 Å². The standard InChI is InChI=1S/C19H26N2O6/c1-11(22)27-16(9-20-19(2,3)4)12-6-7-15(23)17-13(12)8-14(21-17)18(24)26-10-25-5/h6-8,16,20-21,23H,9-10H2,1-5H3. The molecule has 8 heteroatoms. The number of aromatic hydroxyl groups is 1. The van der Waals surface area contributed by atoms with Gasteiger partial charge in [-0.15, -0.1) is 0 Å². The number of benzene rings is 1. The molecule has 1 unspecified atom stereocenters. The van der Waals surface area contributed by atoms with E-state index in [9.17, 15) is 14.7 Å². The van der Waals surface area contributed by atoms with Crippen molar-refractivity contribution in [2.45, 2.75) is 39.3 Å².